The van der Waals surface area contributed by atoms with Crippen LogP contribution in [0.15, 0.2) is 48.5 Å². The number of aliphatic carboxylic acids is 1. The van der Waals surface area contributed by atoms with Crippen LogP contribution < -0.4 is 4.90 Å². The molecule has 1 aliphatic rings. The van der Waals surface area contributed by atoms with Gasteiger partial charge in [0, 0.05) is 24.4 Å². The fourth-order valence-corrected chi connectivity index (χ4v) is 4.59. The second kappa shape index (κ2) is 10.3. The zero-order valence-electron chi connectivity index (χ0n) is 18.7. The van der Waals surface area contributed by atoms with Gasteiger partial charge in [-0.05, 0) is 36.1 Å². The Balaban J connectivity index is 1.91. The molecule has 0 spiro atoms. The Hall–Kier alpha value is -3.38. The number of nitrogens with zero attached hydrogens (tertiary/aromatic N) is 3. The zero-order valence-corrected chi connectivity index (χ0v) is 19.5. The van der Waals surface area contributed by atoms with E-state index in [4.69, 9.17) is 0 Å². The van der Waals surface area contributed by atoms with Crippen molar-refractivity contribution in [3.05, 3.63) is 65.7 Å². The number of hydrogen-bond donors (Lipinski definition) is 1. The predicted octanol–water partition coefficient (Wildman–Crippen LogP) is 4.65. The molecule has 1 aromatic heterocycles. The molecular formula is C24H20F4N3O4S-. The van der Waals surface area contributed by atoms with Gasteiger partial charge in [0.25, 0.3) is 0 Å². The van der Waals surface area contributed by atoms with Crippen LogP contribution in [0.5, 0.6) is 0 Å². The molecule has 1 N–H and O–H groups in total. The second-order valence-corrected chi connectivity index (χ2v) is 9.24. The molecular weight excluding hydrogens is 502 g/mol. The maximum Gasteiger partial charge on any atom is 0.451 e. The van der Waals surface area contributed by atoms with Crippen LogP contribution in [-0.4, -0.2) is 42.9 Å². The van der Waals surface area contributed by atoms with E-state index in [1.54, 1.807) is 4.90 Å². The molecule has 1 unspecified atom stereocenters. The fourth-order valence-electron chi connectivity index (χ4n) is 4.13. The van der Waals surface area contributed by atoms with E-state index in [0.717, 1.165) is 0 Å². The fraction of sp³-hybridized carbons (Fsp3) is 0.292. The molecule has 1 fully saturated rings. The van der Waals surface area contributed by atoms with E-state index in [1.807, 2.05) is 0 Å². The standard InChI is InChI=1S/C24H21F4N3O4S/c25-18-7-5-15(6-8-18)19-20(16-3-1-14(2-4-16)13-36(34)35)29-23(24(26,27)28)30-21(19)31-11-9-17(10-12-31)22(32)33/h1-8,17H,9-13H2,(H,32,33)(H,34,35)/p-1. The normalized spacial score (nSPS) is 15.6. The summed E-state index contributed by atoms with van der Waals surface area (Å²) in [6.45, 7) is 0.320. The average Bonchev–Trinajstić information content (AvgIpc) is 2.83. The molecule has 0 saturated carbocycles. The summed E-state index contributed by atoms with van der Waals surface area (Å²) in [5.41, 5.74) is 1.27. The van der Waals surface area contributed by atoms with Gasteiger partial charge in [0.05, 0.1) is 17.2 Å². The van der Waals surface area contributed by atoms with Gasteiger partial charge in [-0.2, -0.15) is 13.2 Å². The highest BCUT2D eigenvalue weighted by Gasteiger charge is 2.38. The van der Waals surface area contributed by atoms with Crippen LogP contribution in [0.25, 0.3) is 22.4 Å². The summed E-state index contributed by atoms with van der Waals surface area (Å²) in [5.74, 6) is -3.78. The summed E-state index contributed by atoms with van der Waals surface area (Å²) in [6.07, 6.45) is -4.43. The van der Waals surface area contributed by atoms with Gasteiger partial charge < -0.3 is 14.6 Å². The van der Waals surface area contributed by atoms with Crippen molar-refractivity contribution in [3.8, 4) is 22.4 Å². The number of carboxylic acid groups (broad SMARTS) is 1. The van der Waals surface area contributed by atoms with E-state index in [9.17, 15) is 36.2 Å². The van der Waals surface area contributed by atoms with Crippen LogP contribution >= 0.6 is 0 Å². The van der Waals surface area contributed by atoms with Crippen LogP contribution in [0.2, 0.25) is 0 Å². The smallest absolute Gasteiger partial charge is 0.451 e. The number of aromatic nitrogens is 2. The molecule has 12 heteroatoms. The van der Waals surface area contributed by atoms with Gasteiger partial charge in [0.2, 0.25) is 5.82 Å². The highest BCUT2D eigenvalue weighted by atomic mass is 32.2. The number of anilines is 1. The number of carbonyl (C=O) groups is 1. The van der Waals surface area contributed by atoms with Crippen LogP contribution in [0.1, 0.15) is 24.2 Å². The molecule has 3 aromatic rings. The Morgan fingerprint density at radius 1 is 1.03 bits per heavy atom. The SMILES string of the molecule is O=C(O)C1CCN(c2nc(C(F)(F)F)nc(-c3ccc(CS(=O)[O-])cc3)c2-c2ccc(F)cc2)CC1. The number of benzene rings is 2. The van der Waals surface area contributed by atoms with Gasteiger partial charge in [-0.1, -0.05) is 47.5 Å². The van der Waals surface area contributed by atoms with E-state index >= 15 is 0 Å². The molecule has 2 heterocycles. The number of carboxylic acids is 1. The van der Waals surface area contributed by atoms with Gasteiger partial charge in [0.15, 0.2) is 0 Å². The largest absolute Gasteiger partial charge is 0.772 e. The zero-order chi connectivity index (χ0) is 26.0. The lowest BCUT2D eigenvalue weighted by Crippen LogP contribution is -2.37. The summed E-state index contributed by atoms with van der Waals surface area (Å²) in [4.78, 5) is 20.6. The molecule has 0 aliphatic carbocycles. The number of hydrogen-bond acceptors (Lipinski definition) is 6. The predicted molar refractivity (Wildman–Crippen MR) is 123 cm³/mol. The van der Waals surface area contributed by atoms with Crippen LogP contribution in [0.3, 0.4) is 0 Å². The van der Waals surface area contributed by atoms with Crippen LogP contribution in [0.4, 0.5) is 23.4 Å². The Morgan fingerprint density at radius 3 is 2.14 bits per heavy atom. The first-order valence-electron chi connectivity index (χ1n) is 10.9. The maximum absolute atomic E-state index is 13.9. The monoisotopic (exact) mass is 522 g/mol. The highest BCUT2D eigenvalue weighted by molar-refractivity contribution is 7.78. The van der Waals surface area contributed by atoms with E-state index < -0.39 is 40.8 Å². The Kier molecular flexibility index (Phi) is 7.36. The molecule has 190 valence electrons. The lowest BCUT2D eigenvalue weighted by molar-refractivity contribution is -0.144. The topological polar surface area (TPSA) is 106 Å². The minimum atomic E-state index is -4.87. The molecule has 0 bridgehead atoms. The lowest BCUT2D eigenvalue weighted by atomic mass is 9.94. The molecule has 1 atom stereocenters. The molecule has 1 aliphatic heterocycles. The van der Waals surface area contributed by atoms with Crippen molar-refractivity contribution in [1.29, 1.82) is 0 Å². The summed E-state index contributed by atoms with van der Waals surface area (Å²) >= 11 is -2.34. The molecule has 4 rings (SSSR count). The van der Waals surface area contributed by atoms with Crippen LogP contribution in [-0.2, 0) is 27.8 Å². The van der Waals surface area contributed by atoms with Gasteiger partial charge in [-0.3, -0.25) is 9.00 Å². The first-order valence-corrected chi connectivity index (χ1v) is 12.2. The Bertz CT molecular complexity index is 1280. The van der Waals surface area contributed by atoms with Crippen molar-refractivity contribution < 1.29 is 36.2 Å². The summed E-state index contributed by atoms with van der Waals surface area (Å²) in [5, 5.41) is 9.31. The summed E-state index contributed by atoms with van der Waals surface area (Å²) in [6, 6.07) is 11.1. The summed E-state index contributed by atoms with van der Waals surface area (Å²) in [7, 11) is 0. The third kappa shape index (κ3) is 5.71. The van der Waals surface area contributed by atoms with Crippen molar-refractivity contribution in [2.75, 3.05) is 18.0 Å². The van der Waals surface area contributed by atoms with E-state index in [2.05, 4.69) is 9.97 Å². The minimum Gasteiger partial charge on any atom is -0.772 e. The third-order valence-corrected chi connectivity index (χ3v) is 6.50. The average molecular weight is 523 g/mol. The van der Waals surface area contributed by atoms with Gasteiger partial charge in [-0.25, -0.2) is 14.4 Å². The van der Waals surface area contributed by atoms with Crippen molar-refractivity contribution in [2.45, 2.75) is 24.8 Å². The Morgan fingerprint density at radius 2 is 1.61 bits per heavy atom. The Labute approximate surface area is 206 Å². The molecule has 36 heavy (non-hydrogen) atoms. The van der Waals surface area contributed by atoms with E-state index in [1.165, 1.54) is 48.5 Å². The lowest BCUT2D eigenvalue weighted by Gasteiger charge is -2.33. The van der Waals surface area contributed by atoms with Crippen molar-refractivity contribution >= 4 is 22.9 Å². The number of rotatable bonds is 6. The van der Waals surface area contributed by atoms with Crippen molar-refractivity contribution in [1.82, 2.24) is 9.97 Å². The first-order chi connectivity index (χ1) is 17.0. The van der Waals surface area contributed by atoms with Gasteiger partial charge in [-0.15, -0.1) is 0 Å². The summed E-state index contributed by atoms with van der Waals surface area (Å²) < 4.78 is 77.3. The molecule has 2 aromatic carbocycles. The van der Waals surface area contributed by atoms with E-state index in [-0.39, 0.29) is 54.3 Å². The molecule has 0 radical (unpaired) electrons. The molecule has 7 nitrogen and oxygen atoms in total. The highest BCUT2D eigenvalue weighted by Crippen LogP contribution is 2.41. The van der Waals surface area contributed by atoms with Gasteiger partial charge in [0.1, 0.15) is 11.6 Å². The van der Waals surface area contributed by atoms with Crippen molar-refractivity contribution in [2.24, 2.45) is 5.92 Å². The third-order valence-electron chi connectivity index (χ3n) is 5.93. The molecule has 1 saturated heterocycles. The van der Waals surface area contributed by atoms with Gasteiger partial charge >= 0.3 is 12.1 Å². The van der Waals surface area contributed by atoms with Crippen LogP contribution in [0, 0.1) is 11.7 Å². The second-order valence-electron chi connectivity index (χ2n) is 8.34. The number of halogens is 4. The van der Waals surface area contributed by atoms with E-state index in [0.29, 0.717) is 11.1 Å². The quantitative estimate of drug-likeness (QED) is 0.371. The maximum atomic E-state index is 13.9. The molecule has 0 amide bonds. The minimum absolute atomic E-state index is 0.0347. The number of piperidine rings is 1. The first kappa shape index (κ1) is 25.7. The number of alkyl halides is 3. The van der Waals surface area contributed by atoms with Crippen molar-refractivity contribution in [3.63, 3.8) is 0 Å².